The molecular weight excluding hydrogens is 164 g/mol. The number of carbonyl (C=O) groups is 1. The van der Waals surface area contributed by atoms with Crippen molar-refractivity contribution in [3.63, 3.8) is 0 Å². The monoisotopic (exact) mass is 176 g/mol. The van der Waals surface area contributed by atoms with Gasteiger partial charge in [0.15, 0.2) is 0 Å². The molecule has 0 aromatic heterocycles. The summed E-state index contributed by atoms with van der Waals surface area (Å²) in [4.78, 5) is 9.92. The first-order valence-electron chi connectivity index (χ1n) is 3.33. The van der Waals surface area contributed by atoms with Crippen molar-refractivity contribution in [2.75, 3.05) is 5.75 Å². The predicted molar refractivity (Wildman–Crippen MR) is 42.4 cm³/mol. The van der Waals surface area contributed by atoms with Crippen LogP contribution >= 0.6 is 11.8 Å². The first-order chi connectivity index (χ1) is 5.13. The average Bonchev–Trinajstić information content (AvgIpc) is 1.85. The standard InChI is InChI=1S/C6H12N2O2S/c7-6(8)11-4-2-1-3-5(9)10/h1-4H2,(H3,7,8)(H,9,10). The van der Waals surface area contributed by atoms with Crippen LogP contribution in [0.25, 0.3) is 0 Å². The minimum absolute atomic E-state index is 0.116. The molecular formula is C6H12N2O2S. The lowest BCUT2D eigenvalue weighted by Gasteiger charge is -1.99. The second-order valence-corrected chi connectivity index (χ2v) is 3.25. The number of unbranched alkanes of at least 4 members (excludes halogenated alkanes) is 1. The topological polar surface area (TPSA) is 91.7 Å². The van der Waals surface area contributed by atoms with Gasteiger partial charge in [-0.05, 0) is 31.0 Å². The Balaban J connectivity index is 3.03. The van der Waals surface area contributed by atoms with E-state index in [1.165, 1.54) is 11.8 Å². The van der Waals surface area contributed by atoms with Crippen LogP contribution in [0.5, 0.6) is 0 Å². The zero-order valence-electron chi connectivity index (χ0n) is 6.21. The molecule has 11 heavy (non-hydrogen) atoms. The Morgan fingerprint density at radius 3 is 2.64 bits per heavy atom. The van der Waals surface area contributed by atoms with Gasteiger partial charge in [-0.15, -0.1) is 0 Å². The number of hydrogen-bond donors (Lipinski definition) is 2. The van der Waals surface area contributed by atoms with Crippen LogP contribution in [0.15, 0.2) is 0 Å². The molecule has 0 heterocycles. The van der Waals surface area contributed by atoms with Crippen LogP contribution in [0.1, 0.15) is 19.3 Å². The van der Waals surface area contributed by atoms with Crippen molar-refractivity contribution in [1.82, 2.24) is 0 Å². The number of aliphatic carboxylic acids is 1. The normalized spacial score (nSPS) is 9.45. The van der Waals surface area contributed by atoms with Gasteiger partial charge in [0.1, 0.15) is 0 Å². The molecule has 0 aromatic carbocycles. The largest absolute Gasteiger partial charge is 0.550 e. The lowest BCUT2D eigenvalue weighted by atomic mass is 10.3. The molecule has 0 rings (SSSR count). The highest BCUT2D eigenvalue weighted by molar-refractivity contribution is 8.13. The molecule has 0 unspecified atom stereocenters. The van der Waals surface area contributed by atoms with Crippen LogP contribution in [0.4, 0.5) is 0 Å². The Morgan fingerprint density at radius 1 is 1.55 bits per heavy atom. The Labute approximate surface area is 69.7 Å². The first-order valence-corrected chi connectivity index (χ1v) is 4.32. The predicted octanol–water partition coefficient (Wildman–Crippen LogP) is -2.29. The van der Waals surface area contributed by atoms with Gasteiger partial charge in [0.05, 0.1) is 0 Å². The molecule has 0 saturated heterocycles. The van der Waals surface area contributed by atoms with E-state index in [4.69, 9.17) is 11.1 Å². The molecule has 4 N–H and O–H groups in total. The van der Waals surface area contributed by atoms with Crippen molar-refractivity contribution >= 4 is 22.9 Å². The molecule has 0 bridgehead atoms. The van der Waals surface area contributed by atoms with Crippen molar-refractivity contribution in [3.8, 4) is 0 Å². The molecule has 5 heteroatoms. The summed E-state index contributed by atoms with van der Waals surface area (Å²) < 4.78 is 0. The van der Waals surface area contributed by atoms with Gasteiger partial charge in [0.2, 0.25) is 0 Å². The third-order valence-corrected chi connectivity index (χ3v) is 1.87. The molecule has 0 atom stereocenters. The molecule has 0 aliphatic carbocycles. The van der Waals surface area contributed by atoms with Gasteiger partial charge >= 0.3 is 0 Å². The average molecular weight is 176 g/mol. The third kappa shape index (κ3) is 9.29. The number of thioether (sulfide) groups is 1. The smallest absolute Gasteiger partial charge is 0.299 e. The number of carboxylic acids is 1. The lowest BCUT2D eigenvalue weighted by molar-refractivity contribution is -0.305. The molecule has 0 amide bonds. The van der Waals surface area contributed by atoms with Crippen LogP contribution in [0, 0.1) is 0 Å². The molecule has 0 aliphatic heterocycles. The van der Waals surface area contributed by atoms with Crippen molar-refractivity contribution < 1.29 is 15.3 Å². The lowest BCUT2D eigenvalue weighted by Crippen LogP contribution is -2.43. The summed E-state index contributed by atoms with van der Waals surface area (Å²) in [6.07, 6.45) is 1.55. The quantitative estimate of drug-likeness (QED) is 0.280. The van der Waals surface area contributed by atoms with Gasteiger partial charge in [-0.3, -0.25) is 11.1 Å². The summed E-state index contributed by atoms with van der Waals surface area (Å²) in [6.45, 7) is 0. The molecule has 64 valence electrons. The number of rotatable bonds is 5. The zero-order chi connectivity index (χ0) is 8.69. The van der Waals surface area contributed by atoms with Gasteiger partial charge in [0, 0.05) is 11.7 Å². The van der Waals surface area contributed by atoms with Crippen molar-refractivity contribution in [2.45, 2.75) is 19.3 Å². The van der Waals surface area contributed by atoms with Crippen LogP contribution in [-0.4, -0.2) is 16.9 Å². The van der Waals surface area contributed by atoms with E-state index in [-0.39, 0.29) is 6.42 Å². The maximum atomic E-state index is 9.92. The van der Waals surface area contributed by atoms with Gasteiger partial charge in [-0.2, -0.15) is 0 Å². The molecule has 0 radical (unpaired) electrons. The van der Waals surface area contributed by atoms with E-state index >= 15 is 0 Å². The van der Waals surface area contributed by atoms with Crippen molar-refractivity contribution in [1.29, 1.82) is 0 Å². The fraction of sp³-hybridized carbons (Fsp3) is 0.667. The second kappa shape index (κ2) is 6.03. The van der Waals surface area contributed by atoms with E-state index in [0.717, 1.165) is 12.2 Å². The highest BCUT2D eigenvalue weighted by Crippen LogP contribution is 2.03. The van der Waals surface area contributed by atoms with Crippen LogP contribution in [0.2, 0.25) is 0 Å². The summed E-state index contributed by atoms with van der Waals surface area (Å²) in [5, 5.41) is 15.4. The summed E-state index contributed by atoms with van der Waals surface area (Å²) in [5.74, 6) is -0.227. The number of nitrogens with two attached hydrogens (primary N) is 2. The molecule has 0 saturated carbocycles. The number of carbonyl (C=O) groups excluding carboxylic acids is 1. The summed E-state index contributed by atoms with van der Waals surface area (Å²) in [6, 6.07) is 0. The fourth-order valence-corrected chi connectivity index (χ4v) is 1.15. The Bertz CT molecular complexity index is 134. The van der Waals surface area contributed by atoms with Crippen LogP contribution in [0.3, 0.4) is 0 Å². The maximum Gasteiger partial charge on any atom is 0.299 e. The summed E-state index contributed by atoms with van der Waals surface area (Å²) >= 11 is 1.34. The molecule has 0 aliphatic rings. The van der Waals surface area contributed by atoms with E-state index in [2.05, 4.69) is 0 Å². The van der Waals surface area contributed by atoms with Gasteiger partial charge in [-0.25, -0.2) is 0 Å². The first kappa shape index (κ1) is 10.3. The van der Waals surface area contributed by atoms with E-state index in [0.29, 0.717) is 11.6 Å². The number of hydrogen-bond acceptors (Lipinski definition) is 3. The van der Waals surface area contributed by atoms with Crippen molar-refractivity contribution in [2.24, 2.45) is 5.73 Å². The van der Waals surface area contributed by atoms with E-state index in [1.807, 2.05) is 0 Å². The summed E-state index contributed by atoms with van der Waals surface area (Å²) in [5.41, 5.74) is 5.16. The van der Waals surface area contributed by atoms with Crippen LogP contribution in [-0.2, 0) is 4.79 Å². The number of carboxylic acid groups (broad SMARTS) is 1. The Hall–Kier alpha value is -0.710. The highest BCUT2D eigenvalue weighted by atomic mass is 32.2. The van der Waals surface area contributed by atoms with E-state index in [9.17, 15) is 9.90 Å². The number of amidine groups is 1. The van der Waals surface area contributed by atoms with Crippen molar-refractivity contribution in [3.05, 3.63) is 0 Å². The van der Waals surface area contributed by atoms with Gasteiger partial charge in [-0.1, -0.05) is 0 Å². The van der Waals surface area contributed by atoms with Crippen LogP contribution < -0.4 is 16.2 Å². The van der Waals surface area contributed by atoms with Gasteiger partial charge < -0.3 is 9.90 Å². The maximum absolute atomic E-state index is 9.92. The SMILES string of the molecule is NC(=[NH2+])SCCCCC(=O)[O-]. The molecule has 0 aromatic rings. The zero-order valence-corrected chi connectivity index (χ0v) is 7.02. The van der Waals surface area contributed by atoms with E-state index in [1.54, 1.807) is 0 Å². The highest BCUT2D eigenvalue weighted by Gasteiger charge is 1.95. The third-order valence-electron chi connectivity index (χ3n) is 1.04. The minimum Gasteiger partial charge on any atom is -0.550 e. The second-order valence-electron chi connectivity index (χ2n) is 2.08. The van der Waals surface area contributed by atoms with E-state index < -0.39 is 5.97 Å². The Morgan fingerprint density at radius 2 is 2.18 bits per heavy atom. The Kier molecular flexibility index (Phi) is 5.64. The molecule has 0 spiro atoms. The molecule has 4 nitrogen and oxygen atoms in total. The molecule has 0 fully saturated rings. The minimum atomic E-state index is -1.00. The van der Waals surface area contributed by atoms with Gasteiger partial charge in [0.25, 0.3) is 5.17 Å². The fourth-order valence-electron chi connectivity index (χ4n) is 0.561. The summed E-state index contributed by atoms with van der Waals surface area (Å²) in [7, 11) is 0.